The van der Waals surface area contributed by atoms with Gasteiger partial charge in [-0.05, 0) is 12.7 Å². The molecular formula is C11H24N2O2S. The minimum absolute atomic E-state index is 0.150. The van der Waals surface area contributed by atoms with Crippen molar-refractivity contribution in [3.8, 4) is 0 Å². The summed E-state index contributed by atoms with van der Waals surface area (Å²) < 4.78 is 4.90. The molecule has 0 saturated carbocycles. The molecule has 0 spiro atoms. The van der Waals surface area contributed by atoms with Crippen LogP contribution in [0.25, 0.3) is 0 Å². The van der Waals surface area contributed by atoms with Gasteiger partial charge in [0.1, 0.15) is 0 Å². The first-order valence-electron chi connectivity index (χ1n) is 5.61. The van der Waals surface area contributed by atoms with Crippen molar-refractivity contribution < 1.29 is 9.53 Å². The highest BCUT2D eigenvalue weighted by atomic mass is 32.2. The Balaban J connectivity index is 3.86. The van der Waals surface area contributed by atoms with Crippen LogP contribution in [0.4, 0.5) is 0 Å². The third kappa shape index (κ3) is 6.35. The van der Waals surface area contributed by atoms with Crippen molar-refractivity contribution >= 4 is 17.7 Å². The number of hydrogen-bond donors (Lipinski definition) is 1. The van der Waals surface area contributed by atoms with Crippen LogP contribution in [0.15, 0.2) is 0 Å². The van der Waals surface area contributed by atoms with Crippen molar-refractivity contribution in [1.82, 2.24) is 10.2 Å². The SMILES string of the molecule is CCC(CSC)N(C)C(=O)CNCCOC. The number of nitrogens with zero attached hydrogens (tertiary/aromatic N) is 1. The van der Waals surface area contributed by atoms with Gasteiger partial charge in [0.15, 0.2) is 0 Å². The van der Waals surface area contributed by atoms with Crippen molar-refractivity contribution in [3.05, 3.63) is 0 Å². The number of amides is 1. The molecule has 0 aromatic heterocycles. The number of nitrogens with one attached hydrogen (secondary N) is 1. The van der Waals surface area contributed by atoms with Gasteiger partial charge in [-0.15, -0.1) is 0 Å². The maximum Gasteiger partial charge on any atom is 0.236 e. The lowest BCUT2D eigenvalue weighted by atomic mass is 10.2. The molecule has 1 atom stereocenters. The van der Waals surface area contributed by atoms with Gasteiger partial charge in [0.2, 0.25) is 5.91 Å². The zero-order chi connectivity index (χ0) is 12.4. The fraction of sp³-hybridized carbons (Fsp3) is 0.909. The largest absolute Gasteiger partial charge is 0.383 e. The van der Waals surface area contributed by atoms with Gasteiger partial charge < -0.3 is 15.0 Å². The molecule has 0 bridgehead atoms. The minimum Gasteiger partial charge on any atom is -0.383 e. The van der Waals surface area contributed by atoms with Crippen LogP contribution in [0.3, 0.4) is 0 Å². The van der Waals surface area contributed by atoms with E-state index >= 15 is 0 Å². The topological polar surface area (TPSA) is 41.6 Å². The van der Waals surface area contributed by atoms with Crippen LogP contribution in [0.1, 0.15) is 13.3 Å². The highest BCUT2D eigenvalue weighted by Gasteiger charge is 2.16. The van der Waals surface area contributed by atoms with Crippen molar-refractivity contribution in [2.75, 3.05) is 45.9 Å². The highest BCUT2D eigenvalue weighted by molar-refractivity contribution is 7.98. The molecule has 0 rings (SSSR count). The Morgan fingerprint density at radius 3 is 2.75 bits per heavy atom. The van der Waals surface area contributed by atoms with Crippen LogP contribution >= 0.6 is 11.8 Å². The normalized spacial score (nSPS) is 12.5. The van der Waals surface area contributed by atoms with Crippen LogP contribution in [0, 0.1) is 0 Å². The predicted octanol–water partition coefficient (Wildman–Crippen LogP) is 0.822. The van der Waals surface area contributed by atoms with Crippen LogP contribution in [0.2, 0.25) is 0 Å². The second-order valence-corrected chi connectivity index (χ2v) is 4.60. The molecule has 4 nitrogen and oxygen atoms in total. The number of likely N-dealkylation sites (N-methyl/N-ethyl adjacent to an activating group) is 1. The quantitative estimate of drug-likeness (QED) is 0.614. The van der Waals surface area contributed by atoms with E-state index in [-0.39, 0.29) is 5.91 Å². The van der Waals surface area contributed by atoms with Crippen LogP contribution in [0.5, 0.6) is 0 Å². The molecular weight excluding hydrogens is 224 g/mol. The van der Waals surface area contributed by atoms with E-state index in [1.54, 1.807) is 18.9 Å². The predicted molar refractivity (Wildman–Crippen MR) is 70.0 cm³/mol. The van der Waals surface area contributed by atoms with E-state index in [9.17, 15) is 4.79 Å². The lowest BCUT2D eigenvalue weighted by molar-refractivity contribution is -0.130. The molecule has 96 valence electrons. The molecule has 5 heteroatoms. The number of carbonyl (C=O) groups excluding carboxylic acids is 1. The molecule has 0 fully saturated rings. The number of carbonyl (C=O) groups is 1. The smallest absolute Gasteiger partial charge is 0.236 e. The van der Waals surface area contributed by atoms with Gasteiger partial charge in [-0.2, -0.15) is 11.8 Å². The average Bonchev–Trinajstić information content (AvgIpc) is 2.30. The Bertz CT molecular complexity index is 191. The number of thioether (sulfide) groups is 1. The first-order valence-corrected chi connectivity index (χ1v) is 7.01. The molecule has 0 aliphatic heterocycles. The van der Waals surface area contributed by atoms with Gasteiger partial charge >= 0.3 is 0 Å². The minimum atomic E-state index is 0.150. The van der Waals surface area contributed by atoms with E-state index in [1.807, 2.05) is 11.9 Å². The van der Waals surface area contributed by atoms with Crippen molar-refractivity contribution in [1.29, 1.82) is 0 Å². The lowest BCUT2D eigenvalue weighted by Gasteiger charge is -2.26. The molecule has 0 aliphatic carbocycles. The molecule has 0 radical (unpaired) electrons. The van der Waals surface area contributed by atoms with E-state index in [4.69, 9.17) is 4.74 Å². The van der Waals surface area contributed by atoms with Gasteiger partial charge in [0, 0.05) is 32.5 Å². The maximum absolute atomic E-state index is 11.8. The van der Waals surface area contributed by atoms with E-state index in [0.29, 0.717) is 19.2 Å². The molecule has 0 heterocycles. The Morgan fingerprint density at radius 1 is 1.56 bits per heavy atom. The summed E-state index contributed by atoms with van der Waals surface area (Å²) in [6.45, 7) is 3.86. The molecule has 0 aliphatic rings. The van der Waals surface area contributed by atoms with Crippen molar-refractivity contribution in [2.24, 2.45) is 0 Å². The standard InChI is InChI=1S/C11H24N2O2S/c1-5-10(9-16-4)13(2)11(14)8-12-6-7-15-3/h10,12H,5-9H2,1-4H3. The van der Waals surface area contributed by atoms with E-state index < -0.39 is 0 Å². The molecule has 0 aromatic rings. The summed E-state index contributed by atoms with van der Waals surface area (Å²) in [4.78, 5) is 13.6. The Morgan fingerprint density at radius 2 is 2.25 bits per heavy atom. The Labute approximate surface area is 103 Å². The van der Waals surface area contributed by atoms with Crippen LogP contribution in [-0.4, -0.2) is 62.7 Å². The Kier molecular flexibility index (Phi) is 9.77. The zero-order valence-electron chi connectivity index (χ0n) is 10.8. The number of hydrogen-bond acceptors (Lipinski definition) is 4. The summed E-state index contributed by atoms with van der Waals surface area (Å²) >= 11 is 1.78. The molecule has 16 heavy (non-hydrogen) atoms. The summed E-state index contributed by atoms with van der Waals surface area (Å²) in [5.74, 6) is 1.15. The molecule has 1 unspecified atom stereocenters. The third-order valence-electron chi connectivity index (χ3n) is 2.53. The first-order chi connectivity index (χ1) is 7.67. The average molecular weight is 248 g/mol. The monoisotopic (exact) mass is 248 g/mol. The lowest BCUT2D eigenvalue weighted by Crippen LogP contribution is -2.43. The second-order valence-electron chi connectivity index (χ2n) is 3.69. The molecule has 0 aromatic carbocycles. The molecule has 0 saturated heterocycles. The van der Waals surface area contributed by atoms with Crippen LogP contribution < -0.4 is 5.32 Å². The number of ether oxygens (including phenoxy) is 1. The van der Waals surface area contributed by atoms with E-state index in [2.05, 4.69) is 18.5 Å². The van der Waals surface area contributed by atoms with E-state index in [1.165, 1.54) is 0 Å². The van der Waals surface area contributed by atoms with Gasteiger partial charge in [0.25, 0.3) is 0 Å². The second kappa shape index (κ2) is 9.93. The van der Waals surface area contributed by atoms with Crippen molar-refractivity contribution in [2.45, 2.75) is 19.4 Å². The first kappa shape index (κ1) is 15.7. The fourth-order valence-electron chi connectivity index (χ4n) is 1.39. The van der Waals surface area contributed by atoms with Gasteiger partial charge in [-0.25, -0.2) is 0 Å². The summed E-state index contributed by atoms with van der Waals surface area (Å²) in [6.07, 6.45) is 3.07. The zero-order valence-corrected chi connectivity index (χ0v) is 11.6. The van der Waals surface area contributed by atoms with Crippen LogP contribution in [-0.2, 0) is 9.53 Å². The number of methoxy groups -OCH3 is 1. The summed E-state index contributed by atoms with van der Waals surface area (Å²) in [5.41, 5.74) is 0. The van der Waals surface area contributed by atoms with Crippen molar-refractivity contribution in [3.63, 3.8) is 0 Å². The summed E-state index contributed by atoms with van der Waals surface area (Å²) in [7, 11) is 3.53. The van der Waals surface area contributed by atoms with Gasteiger partial charge in [-0.1, -0.05) is 6.92 Å². The summed E-state index contributed by atoms with van der Waals surface area (Å²) in [6, 6.07) is 0.340. The van der Waals surface area contributed by atoms with E-state index in [0.717, 1.165) is 18.7 Å². The third-order valence-corrected chi connectivity index (χ3v) is 3.25. The van der Waals surface area contributed by atoms with Gasteiger partial charge in [0.05, 0.1) is 13.2 Å². The molecule has 1 N–H and O–H groups in total. The van der Waals surface area contributed by atoms with Gasteiger partial charge in [-0.3, -0.25) is 4.79 Å². The number of rotatable bonds is 9. The maximum atomic E-state index is 11.8. The Hall–Kier alpha value is -0.260. The summed E-state index contributed by atoms with van der Waals surface area (Å²) in [5, 5.41) is 3.07. The fourth-order valence-corrected chi connectivity index (χ4v) is 2.24. The molecule has 1 amide bonds. The highest BCUT2D eigenvalue weighted by Crippen LogP contribution is 2.08.